The van der Waals surface area contributed by atoms with Crippen LogP contribution in [-0.2, 0) is 20.8 Å². The monoisotopic (exact) mass is 513 g/mol. The molecule has 1 N–H and O–H groups in total. The lowest BCUT2D eigenvalue weighted by Crippen LogP contribution is -2.46. The number of methoxy groups -OCH3 is 3. The molecule has 0 unspecified atom stereocenters. The Labute approximate surface area is 219 Å². The quantitative estimate of drug-likeness (QED) is 0.608. The zero-order valence-corrected chi connectivity index (χ0v) is 22.7. The molecule has 1 aliphatic heterocycles. The van der Waals surface area contributed by atoms with Crippen LogP contribution in [0.25, 0.3) is 0 Å². The number of anilines is 1. The van der Waals surface area contributed by atoms with Crippen molar-refractivity contribution < 1.29 is 28.5 Å². The number of ether oxygens (including phenoxy) is 4. The van der Waals surface area contributed by atoms with Gasteiger partial charge >= 0.3 is 0 Å². The third kappa shape index (κ3) is 7.44. The van der Waals surface area contributed by atoms with Gasteiger partial charge in [-0.05, 0) is 31.0 Å². The summed E-state index contributed by atoms with van der Waals surface area (Å²) in [5, 5.41) is 2.78. The van der Waals surface area contributed by atoms with Gasteiger partial charge in [0.1, 0.15) is 24.7 Å². The van der Waals surface area contributed by atoms with Gasteiger partial charge in [-0.2, -0.15) is 0 Å². The first-order valence-corrected chi connectivity index (χ1v) is 12.5. The highest BCUT2D eigenvalue weighted by molar-refractivity contribution is 5.98. The molecule has 37 heavy (non-hydrogen) atoms. The predicted octanol–water partition coefficient (Wildman–Crippen LogP) is 3.29. The number of carbonyl (C=O) groups excluding carboxylic acids is 2. The minimum atomic E-state index is -0.285. The lowest BCUT2D eigenvalue weighted by atomic mass is 10.0. The Morgan fingerprint density at radius 3 is 2.57 bits per heavy atom. The number of rotatable bonds is 7. The summed E-state index contributed by atoms with van der Waals surface area (Å²) in [7, 11) is 6.59. The average molecular weight is 514 g/mol. The molecule has 9 nitrogen and oxygen atoms in total. The van der Waals surface area contributed by atoms with E-state index in [9.17, 15) is 9.59 Å². The van der Waals surface area contributed by atoms with Crippen molar-refractivity contribution >= 4 is 17.5 Å². The van der Waals surface area contributed by atoms with Crippen LogP contribution in [0, 0.1) is 5.92 Å². The maximum Gasteiger partial charge on any atom is 0.257 e. The van der Waals surface area contributed by atoms with Crippen molar-refractivity contribution in [2.75, 3.05) is 60.0 Å². The number of fused-ring (bicyclic) bond motifs is 1. The van der Waals surface area contributed by atoms with Crippen LogP contribution in [0.5, 0.6) is 11.5 Å². The van der Waals surface area contributed by atoms with Crippen LogP contribution in [0.15, 0.2) is 42.5 Å². The highest BCUT2D eigenvalue weighted by atomic mass is 16.5. The molecule has 3 rings (SSSR count). The molecule has 3 atom stereocenters. The first-order valence-electron chi connectivity index (χ1n) is 12.5. The number of hydrogen-bond acceptors (Lipinski definition) is 7. The smallest absolute Gasteiger partial charge is 0.257 e. The van der Waals surface area contributed by atoms with Crippen molar-refractivity contribution in [1.82, 2.24) is 9.80 Å². The van der Waals surface area contributed by atoms with Crippen molar-refractivity contribution in [1.29, 1.82) is 0 Å². The third-order valence-electron chi connectivity index (χ3n) is 6.70. The van der Waals surface area contributed by atoms with E-state index in [2.05, 4.69) is 30.1 Å². The van der Waals surface area contributed by atoms with Crippen LogP contribution in [0.4, 0.5) is 5.69 Å². The Morgan fingerprint density at radius 2 is 1.86 bits per heavy atom. The number of nitrogens with one attached hydrogen (secondary N) is 1. The summed E-state index contributed by atoms with van der Waals surface area (Å²) >= 11 is 0. The molecular weight excluding hydrogens is 474 g/mol. The molecule has 1 heterocycles. The van der Waals surface area contributed by atoms with Crippen molar-refractivity contribution in [3.8, 4) is 11.5 Å². The minimum Gasteiger partial charge on any atom is -0.496 e. The standard InChI is InChI=1S/C28H39N3O6/c1-19-14-31(15-21-9-7-8-10-24(21)35-5)20(2)17-37-25-13-22(29-27(32)18-34-4)11-12-23(25)28(33)30(3)16-26(19)36-6/h7-13,19-20,26H,14-18H2,1-6H3,(H,29,32)/t19-,20-,26-/m0/s1. The zero-order valence-electron chi connectivity index (χ0n) is 22.7. The van der Waals surface area contributed by atoms with E-state index < -0.39 is 0 Å². The molecule has 0 fully saturated rings. The number of hydrogen-bond donors (Lipinski definition) is 1. The Morgan fingerprint density at radius 1 is 1.11 bits per heavy atom. The van der Waals surface area contributed by atoms with Crippen molar-refractivity contribution in [3.63, 3.8) is 0 Å². The molecule has 0 aromatic heterocycles. The largest absolute Gasteiger partial charge is 0.496 e. The summed E-state index contributed by atoms with van der Waals surface area (Å²) in [5.74, 6) is 0.948. The van der Waals surface area contributed by atoms with Crippen LogP contribution in [-0.4, -0.2) is 88.4 Å². The molecule has 202 valence electrons. The van der Waals surface area contributed by atoms with Gasteiger partial charge in [0.05, 0.1) is 18.8 Å². The first kappa shape index (κ1) is 28.4. The van der Waals surface area contributed by atoms with E-state index >= 15 is 0 Å². The Balaban J connectivity index is 1.95. The van der Waals surface area contributed by atoms with E-state index in [4.69, 9.17) is 18.9 Å². The Bertz CT molecular complexity index is 1060. The number of para-hydroxylation sites is 1. The van der Waals surface area contributed by atoms with Crippen LogP contribution >= 0.6 is 0 Å². The molecule has 0 saturated carbocycles. The predicted molar refractivity (Wildman–Crippen MR) is 142 cm³/mol. The molecule has 0 aliphatic carbocycles. The first-order chi connectivity index (χ1) is 17.8. The molecular formula is C28H39N3O6. The van der Waals surface area contributed by atoms with Gasteiger partial charge in [-0.15, -0.1) is 0 Å². The number of nitrogens with zero attached hydrogens (tertiary/aromatic N) is 2. The number of carbonyl (C=O) groups is 2. The molecule has 1 aliphatic rings. The van der Waals surface area contributed by atoms with Gasteiger partial charge < -0.3 is 29.2 Å². The van der Waals surface area contributed by atoms with E-state index in [1.54, 1.807) is 44.4 Å². The minimum absolute atomic E-state index is 0.0108. The summed E-state index contributed by atoms with van der Waals surface area (Å²) < 4.78 is 22.6. The Hall–Kier alpha value is -3.14. The summed E-state index contributed by atoms with van der Waals surface area (Å²) in [5.41, 5.74) is 2.05. The van der Waals surface area contributed by atoms with E-state index in [1.807, 2.05) is 18.2 Å². The molecule has 2 amide bonds. The van der Waals surface area contributed by atoms with Crippen LogP contribution < -0.4 is 14.8 Å². The van der Waals surface area contributed by atoms with Crippen LogP contribution in [0.1, 0.15) is 29.8 Å². The molecule has 0 radical (unpaired) electrons. The Kier molecular flexibility index (Phi) is 10.3. The van der Waals surface area contributed by atoms with E-state index in [0.29, 0.717) is 36.7 Å². The molecule has 0 bridgehead atoms. The fourth-order valence-corrected chi connectivity index (χ4v) is 4.53. The fourth-order valence-electron chi connectivity index (χ4n) is 4.53. The van der Waals surface area contributed by atoms with Gasteiger partial charge in [-0.3, -0.25) is 14.5 Å². The van der Waals surface area contributed by atoms with E-state index in [-0.39, 0.29) is 36.5 Å². The fraction of sp³-hybridized carbons (Fsp3) is 0.500. The van der Waals surface area contributed by atoms with Gasteiger partial charge in [-0.25, -0.2) is 0 Å². The van der Waals surface area contributed by atoms with Gasteiger partial charge in [0.25, 0.3) is 5.91 Å². The normalized spacial score (nSPS) is 21.3. The summed E-state index contributed by atoms with van der Waals surface area (Å²) in [6.45, 7) is 6.37. The second-order valence-electron chi connectivity index (χ2n) is 9.53. The number of benzene rings is 2. The van der Waals surface area contributed by atoms with Gasteiger partial charge in [-0.1, -0.05) is 25.1 Å². The number of likely N-dealkylation sites (N-methyl/N-ethyl adjacent to an activating group) is 1. The van der Waals surface area contributed by atoms with Gasteiger partial charge in [0.2, 0.25) is 5.91 Å². The maximum absolute atomic E-state index is 13.4. The van der Waals surface area contributed by atoms with E-state index in [0.717, 1.165) is 17.9 Å². The molecule has 0 saturated heterocycles. The lowest BCUT2D eigenvalue weighted by molar-refractivity contribution is -0.119. The van der Waals surface area contributed by atoms with Crippen molar-refractivity contribution in [3.05, 3.63) is 53.6 Å². The topological polar surface area (TPSA) is 89.6 Å². The third-order valence-corrected chi connectivity index (χ3v) is 6.70. The zero-order chi connectivity index (χ0) is 26.9. The average Bonchev–Trinajstić information content (AvgIpc) is 2.89. The second kappa shape index (κ2) is 13.4. The number of amides is 2. The second-order valence-corrected chi connectivity index (χ2v) is 9.53. The SMILES string of the molecule is COCC(=O)Nc1ccc2c(c1)OC[C@H](C)N(Cc1ccccc1OC)C[C@H](C)[C@@H](OC)CN(C)C2=O. The van der Waals surface area contributed by atoms with Crippen molar-refractivity contribution in [2.45, 2.75) is 32.5 Å². The molecule has 0 spiro atoms. The highest BCUT2D eigenvalue weighted by Gasteiger charge is 2.29. The summed E-state index contributed by atoms with van der Waals surface area (Å²) in [6, 6.07) is 13.1. The highest BCUT2D eigenvalue weighted by Crippen LogP contribution is 2.28. The molecule has 2 aromatic carbocycles. The van der Waals surface area contributed by atoms with Crippen LogP contribution in [0.2, 0.25) is 0 Å². The van der Waals surface area contributed by atoms with E-state index in [1.165, 1.54) is 7.11 Å². The summed E-state index contributed by atoms with van der Waals surface area (Å²) in [6.07, 6.45) is -0.155. The maximum atomic E-state index is 13.4. The molecule has 2 aromatic rings. The van der Waals surface area contributed by atoms with Crippen molar-refractivity contribution in [2.24, 2.45) is 5.92 Å². The van der Waals surface area contributed by atoms with Gasteiger partial charge in [0, 0.05) is 64.3 Å². The summed E-state index contributed by atoms with van der Waals surface area (Å²) in [4.78, 5) is 29.4. The molecule has 9 heteroatoms. The lowest BCUT2D eigenvalue weighted by Gasteiger charge is -2.36. The van der Waals surface area contributed by atoms with Crippen LogP contribution in [0.3, 0.4) is 0 Å². The van der Waals surface area contributed by atoms with Gasteiger partial charge in [0.15, 0.2) is 0 Å².